The number of nitrogens with one attached hydrogen (secondary N) is 2. The molecule has 0 saturated carbocycles. The lowest BCUT2D eigenvalue weighted by Crippen LogP contribution is -2.31. The van der Waals surface area contributed by atoms with Crippen LogP contribution in [-0.4, -0.2) is 26.0 Å². The van der Waals surface area contributed by atoms with E-state index in [1.807, 2.05) is 0 Å². The van der Waals surface area contributed by atoms with Gasteiger partial charge >= 0.3 is 0 Å². The van der Waals surface area contributed by atoms with Crippen LogP contribution in [0.4, 0.5) is 0 Å². The fourth-order valence-electron chi connectivity index (χ4n) is 0.362. The molecule has 0 aromatic rings. The maximum Gasteiger partial charge on any atom is 0.233 e. The Labute approximate surface area is 49.5 Å². The number of carbonyl (C=O) groups is 1. The predicted octanol–water partition coefficient (Wildman–Crippen LogP) is -0.844. The second-order valence-corrected chi connectivity index (χ2v) is 1.38. The highest BCUT2D eigenvalue weighted by Crippen LogP contribution is 1.58. The Kier molecular flexibility index (Phi) is 4.26. The Morgan fingerprint density at radius 1 is 1.75 bits per heavy atom. The van der Waals surface area contributed by atoms with Crippen LogP contribution < -0.4 is 10.6 Å². The molecule has 1 radical (unpaired) electrons. The van der Waals surface area contributed by atoms with E-state index in [1.54, 1.807) is 7.05 Å². The average Bonchev–Trinajstić information content (AvgIpc) is 1.68. The number of rotatable bonds is 3. The third-order valence-electron chi connectivity index (χ3n) is 0.660. The maximum absolute atomic E-state index is 10.4. The molecule has 0 bridgehead atoms. The molecule has 0 saturated heterocycles. The minimum atomic E-state index is -0.0116. The van der Waals surface area contributed by atoms with E-state index < -0.39 is 0 Å². The Morgan fingerprint density at radius 3 is 2.75 bits per heavy atom. The van der Waals surface area contributed by atoms with Gasteiger partial charge < -0.3 is 10.6 Å². The topological polar surface area (TPSA) is 41.1 Å². The van der Waals surface area contributed by atoms with Crippen LogP contribution in [-0.2, 0) is 4.79 Å². The van der Waals surface area contributed by atoms with E-state index in [9.17, 15) is 4.79 Å². The quantitative estimate of drug-likeness (QED) is 0.503. The standard InChI is InChI=1S/C5H11N2O/c1-3-7-5(8)4-6-2/h6H,1,3-4H2,2H3,(H,7,8). The van der Waals surface area contributed by atoms with Gasteiger partial charge in [-0.15, -0.1) is 0 Å². The number of hydrogen-bond acceptors (Lipinski definition) is 2. The van der Waals surface area contributed by atoms with Crippen molar-refractivity contribution in [3.05, 3.63) is 6.92 Å². The highest BCUT2D eigenvalue weighted by Gasteiger charge is 1.91. The van der Waals surface area contributed by atoms with Crippen molar-refractivity contribution in [2.24, 2.45) is 0 Å². The molecule has 0 aliphatic rings. The van der Waals surface area contributed by atoms with Crippen molar-refractivity contribution < 1.29 is 4.79 Å². The number of likely N-dealkylation sites (N-methyl/N-ethyl adjacent to an activating group) is 1. The summed E-state index contributed by atoms with van der Waals surface area (Å²) in [6.45, 7) is 4.28. The van der Waals surface area contributed by atoms with Crippen LogP contribution in [0.25, 0.3) is 0 Å². The largest absolute Gasteiger partial charge is 0.355 e. The van der Waals surface area contributed by atoms with Crippen molar-refractivity contribution in [3.8, 4) is 0 Å². The normalized spacial score (nSPS) is 8.75. The summed E-state index contributed by atoms with van der Waals surface area (Å²) in [4.78, 5) is 10.4. The first-order valence-corrected chi connectivity index (χ1v) is 2.51. The molecule has 0 heterocycles. The highest BCUT2D eigenvalue weighted by molar-refractivity contribution is 5.77. The Hall–Kier alpha value is -0.570. The fourth-order valence-corrected chi connectivity index (χ4v) is 0.362. The summed E-state index contributed by atoms with van der Waals surface area (Å²) in [6.07, 6.45) is 0. The van der Waals surface area contributed by atoms with Crippen LogP contribution >= 0.6 is 0 Å². The lowest BCUT2D eigenvalue weighted by atomic mass is 10.6. The van der Waals surface area contributed by atoms with Gasteiger partial charge in [-0.3, -0.25) is 4.79 Å². The lowest BCUT2D eigenvalue weighted by Gasteiger charge is -1.97. The first-order valence-electron chi connectivity index (χ1n) is 2.51. The minimum Gasteiger partial charge on any atom is -0.355 e. The lowest BCUT2D eigenvalue weighted by molar-refractivity contribution is -0.119. The van der Waals surface area contributed by atoms with Crippen LogP contribution in [0.3, 0.4) is 0 Å². The van der Waals surface area contributed by atoms with Crippen molar-refractivity contribution in [2.75, 3.05) is 20.1 Å². The smallest absolute Gasteiger partial charge is 0.233 e. The second kappa shape index (κ2) is 4.59. The summed E-state index contributed by atoms with van der Waals surface area (Å²) in [5, 5.41) is 5.25. The average molecular weight is 115 g/mol. The van der Waals surface area contributed by atoms with E-state index in [4.69, 9.17) is 0 Å². The minimum absolute atomic E-state index is 0.0116. The van der Waals surface area contributed by atoms with Crippen molar-refractivity contribution in [3.63, 3.8) is 0 Å². The zero-order chi connectivity index (χ0) is 6.41. The molecule has 3 nitrogen and oxygen atoms in total. The molecule has 0 atom stereocenters. The van der Waals surface area contributed by atoms with Gasteiger partial charge in [-0.1, -0.05) is 0 Å². The van der Waals surface area contributed by atoms with Gasteiger partial charge in [0.1, 0.15) is 0 Å². The summed E-state index contributed by atoms with van der Waals surface area (Å²) in [5.41, 5.74) is 0. The molecule has 0 spiro atoms. The molecule has 0 aromatic heterocycles. The number of hydrogen-bond donors (Lipinski definition) is 2. The first kappa shape index (κ1) is 7.43. The van der Waals surface area contributed by atoms with Crippen LogP contribution in [0.1, 0.15) is 0 Å². The van der Waals surface area contributed by atoms with Crippen LogP contribution in [0.2, 0.25) is 0 Å². The Balaban J connectivity index is 3.06. The van der Waals surface area contributed by atoms with Crippen LogP contribution in [0, 0.1) is 6.92 Å². The van der Waals surface area contributed by atoms with Gasteiger partial charge in [-0.05, 0) is 14.0 Å². The van der Waals surface area contributed by atoms with Gasteiger partial charge in [-0.2, -0.15) is 0 Å². The maximum atomic E-state index is 10.4. The van der Waals surface area contributed by atoms with E-state index in [0.717, 1.165) is 0 Å². The van der Waals surface area contributed by atoms with E-state index in [2.05, 4.69) is 17.6 Å². The summed E-state index contributed by atoms with van der Waals surface area (Å²) >= 11 is 0. The molecule has 0 aromatic carbocycles. The second-order valence-electron chi connectivity index (χ2n) is 1.38. The van der Waals surface area contributed by atoms with Crippen molar-refractivity contribution in [1.82, 2.24) is 10.6 Å². The van der Waals surface area contributed by atoms with Crippen LogP contribution in [0.5, 0.6) is 0 Å². The summed E-state index contributed by atoms with van der Waals surface area (Å²) in [7, 11) is 1.72. The van der Waals surface area contributed by atoms with Crippen molar-refractivity contribution >= 4 is 5.91 Å². The van der Waals surface area contributed by atoms with Crippen LogP contribution in [0.15, 0.2) is 0 Å². The SMILES string of the molecule is [CH2]CNC(=O)CNC. The molecule has 1 amide bonds. The van der Waals surface area contributed by atoms with Crippen molar-refractivity contribution in [2.45, 2.75) is 0 Å². The molecule has 3 heteroatoms. The van der Waals surface area contributed by atoms with Gasteiger partial charge in [0.25, 0.3) is 0 Å². The third-order valence-corrected chi connectivity index (χ3v) is 0.660. The molecule has 47 valence electrons. The van der Waals surface area contributed by atoms with E-state index in [0.29, 0.717) is 13.1 Å². The van der Waals surface area contributed by atoms with E-state index >= 15 is 0 Å². The third kappa shape index (κ3) is 3.61. The number of carbonyl (C=O) groups excluding carboxylic acids is 1. The van der Waals surface area contributed by atoms with Gasteiger partial charge in [0, 0.05) is 6.54 Å². The van der Waals surface area contributed by atoms with E-state index in [-0.39, 0.29) is 5.91 Å². The first-order chi connectivity index (χ1) is 3.81. The zero-order valence-electron chi connectivity index (χ0n) is 5.03. The van der Waals surface area contributed by atoms with Crippen molar-refractivity contribution in [1.29, 1.82) is 0 Å². The summed E-state index contributed by atoms with van der Waals surface area (Å²) < 4.78 is 0. The molecule has 0 unspecified atom stereocenters. The highest BCUT2D eigenvalue weighted by atomic mass is 16.1. The molecular formula is C5H11N2O. The Morgan fingerprint density at radius 2 is 2.38 bits per heavy atom. The molecule has 0 rings (SSSR count). The molecule has 8 heavy (non-hydrogen) atoms. The predicted molar refractivity (Wildman–Crippen MR) is 32.3 cm³/mol. The van der Waals surface area contributed by atoms with Gasteiger partial charge in [0.05, 0.1) is 6.54 Å². The molecule has 2 N–H and O–H groups in total. The monoisotopic (exact) mass is 115 g/mol. The van der Waals surface area contributed by atoms with Gasteiger partial charge in [0.2, 0.25) is 5.91 Å². The molecule has 0 aliphatic heterocycles. The number of amides is 1. The molecule has 0 aliphatic carbocycles. The fraction of sp³-hybridized carbons (Fsp3) is 0.600. The van der Waals surface area contributed by atoms with Gasteiger partial charge in [-0.25, -0.2) is 0 Å². The molecule has 0 fully saturated rings. The summed E-state index contributed by atoms with van der Waals surface area (Å²) in [5.74, 6) is -0.0116. The molecular weight excluding hydrogens is 104 g/mol. The Bertz CT molecular complexity index is 64.8. The van der Waals surface area contributed by atoms with E-state index in [1.165, 1.54) is 0 Å². The zero-order valence-corrected chi connectivity index (χ0v) is 5.03. The summed E-state index contributed by atoms with van der Waals surface area (Å²) in [6, 6.07) is 0. The van der Waals surface area contributed by atoms with Gasteiger partial charge in [0.15, 0.2) is 0 Å².